The third-order valence-electron chi connectivity index (χ3n) is 5.95. The lowest BCUT2D eigenvalue weighted by Crippen LogP contribution is -2.29. The summed E-state index contributed by atoms with van der Waals surface area (Å²) in [4.78, 5) is 38.4. The van der Waals surface area contributed by atoms with Crippen LogP contribution in [0.1, 0.15) is 36.6 Å². The van der Waals surface area contributed by atoms with Crippen LogP contribution in [0.25, 0.3) is 5.76 Å². The summed E-state index contributed by atoms with van der Waals surface area (Å²) in [6.45, 7) is 3.87. The Kier molecular flexibility index (Phi) is 7.24. The van der Waals surface area contributed by atoms with Gasteiger partial charge in [-0.05, 0) is 61.4 Å². The minimum absolute atomic E-state index is 0.0963. The molecule has 1 N–H and O–H groups in total. The van der Waals surface area contributed by atoms with Gasteiger partial charge in [0.1, 0.15) is 17.3 Å². The number of nitro groups is 1. The molecule has 1 amide bonds. The number of methoxy groups -OCH3 is 1. The van der Waals surface area contributed by atoms with Crippen LogP contribution in [-0.2, 0) is 16.1 Å². The number of hydrogen-bond donors (Lipinski definition) is 1. The zero-order chi connectivity index (χ0) is 26.7. The van der Waals surface area contributed by atoms with Crippen LogP contribution in [0, 0.1) is 10.1 Å². The molecule has 1 atom stereocenters. The molecule has 3 aromatic rings. The molecule has 0 aromatic heterocycles. The third-order valence-corrected chi connectivity index (χ3v) is 5.95. The van der Waals surface area contributed by atoms with E-state index < -0.39 is 28.4 Å². The van der Waals surface area contributed by atoms with Crippen molar-refractivity contribution in [3.8, 4) is 11.5 Å². The predicted molar refractivity (Wildman–Crippen MR) is 136 cm³/mol. The number of rotatable bonds is 8. The van der Waals surface area contributed by atoms with Gasteiger partial charge in [-0.3, -0.25) is 19.7 Å². The molecule has 9 heteroatoms. The Morgan fingerprint density at radius 2 is 1.70 bits per heavy atom. The number of benzene rings is 3. The molecule has 1 unspecified atom stereocenters. The number of likely N-dealkylation sites (tertiary alicyclic amines) is 1. The Morgan fingerprint density at radius 1 is 1.03 bits per heavy atom. The second kappa shape index (κ2) is 10.5. The molecule has 1 aliphatic heterocycles. The van der Waals surface area contributed by atoms with Gasteiger partial charge >= 0.3 is 0 Å². The van der Waals surface area contributed by atoms with E-state index in [0.29, 0.717) is 17.1 Å². The molecule has 4 rings (SSSR count). The quantitative estimate of drug-likeness (QED) is 0.151. The number of ketones is 1. The lowest BCUT2D eigenvalue weighted by molar-refractivity contribution is -0.384. The molecule has 9 nitrogen and oxygen atoms in total. The molecule has 0 aliphatic carbocycles. The SMILES string of the molecule is COc1ccc(CN2C(=O)C(=O)/C(=C(/O)c3ccc([N+](=O)[O-])cc3)C2c2cccc(OC(C)C)c2)cc1. The number of aliphatic hydroxyl groups is 1. The Balaban J connectivity index is 1.83. The fourth-order valence-corrected chi connectivity index (χ4v) is 4.24. The minimum Gasteiger partial charge on any atom is -0.507 e. The summed E-state index contributed by atoms with van der Waals surface area (Å²) >= 11 is 0. The van der Waals surface area contributed by atoms with Crippen LogP contribution in [-0.4, -0.2) is 39.8 Å². The van der Waals surface area contributed by atoms with E-state index in [4.69, 9.17) is 9.47 Å². The molecule has 0 radical (unpaired) electrons. The third kappa shape index (κ3) is 5.30. The van der Waals surface area contributed by atoms with Gasteiger partial charge in [0.25, 0.3) is 17.4 Å². The van der Waals surface area contributed by atoms with Crippen molar-refractivity contribution in [2.45, 2.75) is 32.5 Å². The van der Waals surface area contributed by atoms with Gasteiger partial charge in [0, 0.05) is 24.2 Å². The van der Waals surface area contributed by atoms with Crippen molar-refractivity contribution in [2.24, 2.45) is 0 Å². The van der Waals surface area contributed by atoms with E-state index >= 15 is 0 Å². The first-order valence-corrected chi connectivity index (χ1v) is 11.6. The second-order valence-electron chi connectivity index (χ2n) is 8.82. The molecule has 1 heterocycles. The normalized spacial score (nSPS) is 16.8. The average Bonchev–Trinajstić information content (AvgIpc) is 3.13. The van der Waals surface area contributed by atoms with Gasteiger partial charge in [-0.25, -0.2) is 0 Å². The maximum atomic E-state index is 13.3. The second-order valence-corrected chi connectivity index (χ2v) is 8.82. The molecule has 190 valence electrons. The number of aliphatic hydroxyl groups excluding tert-OH is 1. The molecule has 0 spiro atoms. The van der Waals surface area contributed by atoms with Crippen LogP contribution in [0.5, 0.6) is 11.5 Å². The highest BCUT2D eigenvalue weighted by atomic mass is 16.6. The standard InChI is InChI=1S/C28H26N2O7/c1-17(2)37-23-6-4-5-20(15-23)25-24(26(31)19-9-11-21(12-10-19)30(34)35)27(32)28(33)29(25)16-18-7-13-22(36-3)14-8-18/h4-15,17,25,31H,16H2,1-3H3/b26-24+. The zero-order valence-electron chi connectivity index (χ0n) is 20.6. The lowest BCUT2D eigenvalue weighted by atomic mass is 9.95. The number of carbonyl (C=O) groups is 2. The monoisotopic (exact) mass is 502 g/mol. The molecule has 3 aromatic carbocycles. The summed E-state index contributed by atoms with van der Waals surface area (Å²) in [5.41, 5.74) is 1.26. The fraction of sp³-hybridized carbons (Fsp3) is 0.214. The van der Waals surface area contributed by atoms with Gasteiger partial charge in [0.15, 0.2) is 0 Å². The van der Waals surface area contributed by atoms with E-state index in [1.165, 1.54) is 29.2 Å². The molecule has 0 bridgehead atoms. The molecule has 0 saturated carbocycles. The summed E-state index contributed by atoms with van der Waals surface area (Å²) in [5.74, 6) is -0.813. The lowest BCUT2D eigenvalue weighted by Gasteiger charge is -2.26. The van der Waals surface area contributed by atoms with Crippen LogP contribution in [0.15, 0.2) is 78.4 Å². The van der Waals surface area contributed by atoms with Gasteiger partial charge in [-0.15, -0.1) is 0 Å². The maximum Gasteiger partial charge on any atom is 0.295 e. The van der Waals surface area contributed by atoms with Crippen molar-refractivity contribution in [3.05, 3.63) is 105 Å². The van der Waals surface area contributed by atoms with Gasteiger partial charge in [-0.1, -0.05) is 24.3 Å². The smallest absolute Gasteiger partial charge is 0.295 e. The Bertz CT molecular complexity index is 1360. The first-order valence-electron chi connectivity index (χ1n) is 11.6. The topological polar surface area (TPSA) is 119 Å². The van der Waals surface area contributed by atoms with Crippen molar-refractivity contribution < 1.29 is 29.1 Å². The van der Waals surface area contributed by atoms with E-state index in [1.54, 1.807) is 55.6 Å². The van der Waals surface area contributed by atoms with Gasteiger partial charge < -0.3 is 19.5 Å². The van der Waals surface area contributed by atoms with E-state index in [-0.39, 0.29) is 29.5 Å². The zero-order valence-corrected chi connectivity index (χ0v) is 20.6. The van der Waals surface area contributed by atoms with Crippen LogP contribution >= 0.6 is 0 Å². The maximum absolute atomic E-state index is 13.3. The minimum atomic E-state index is -0.909. The van der Waals surface area contributed by atoms with Crippen molar-refractivity contribution in [1.29, 1.82) is 0 Å². The summed E-state index contributed by atoms with van der Waals surface area (Å²) in [6.07, 6.45) is -0.0963. The Labute approximate surface area is 213 Å². The van der Waals surface area contributed by atoms with Crippen LogP contribution < -0.4 is 9.47 Å². The molecule has 37 heavy (non-hydrogen) atoms. The van der Waals surface area contributed by atoms with E-state index in [1.807, 2.05) is 13.8 Å². The van der Waals surface area contributed by atoms with Crippen molar-refractivity contribution in [3.63, 3.8) is 0 Å². The van der Waals surface area contributed by atoms with E-state index in [9.17, 15) is 24.8 Å². The summed E-state index contributed by atoms with van der Waals surface area (Å²) in [6, 6.07) is 18.4. The Morgan fingerprint density at radius 3 is 2.30 bits per heavy atom. The van der Waals surface area contributed by atoms with Gasteiger partial charge in [0.2, 0.25) is 0 Å². The van der Waals surface area contributed by atoms with E-state index in [0.717, 1.165) is 5.56 Å². The highest BCUT2D eigenvalue weighted by Gasteiger charge is 2.46. The van der Waals surface area contributed by atoms with Crippen molar-refractivity contribution in [1.82, 2.24) is 4.90 Å². The Hall–Kier alpha value is -4.66. The van der Waals surface area contributed by atoms with Crippen molar-refractivity contribution in [2.75, 3.05) is 7.11 Å². The van der Waals surface area contributed by atoms with Crippen LogP contribution in [0.3, 0.4) is 0 Å². The number of hydrogen-bond acceptors (Lipinski definition) is 7. The molecule has 1 saturated heterocycles. The van der Waals surface area contributed by atoms with E-state index in [2.05, 4.69) is 0 Å². The highest BCUT2D eigenvalue weighted by Crippen LogP contribution is 2.41. The first-order chi connectivity index (χ1) is 17.7. The van der Waals surface area contributed by atoms with Crippen LogP contribution in [0.2, 0.25) is 0 Å². The number of carbonyl (C=O) groups excluding carboxylic acids is 2. The molecule has 1 aliphatic rings. The number of nitrogens with zero attached hydrogens (tertiary/aromatic N) is 2. The average molecular weight is 503 g/mol. The van der Waals surface area contributed by atoms with Gasteiger partial charge in [-0.2, -0.15) is 0 Å². The number of ether oxygens (including phenoxy) is 2. The summed E-state index contributed by atoms with van der Waals surface area (Å²) < 4.78 is 11.0. The number of amides is 1. The predicted octanol–water partition coefficient (Wildman–Crippen LogP) is 5.01. The first kappa shape index (κ1) is 25.4. The number of Topliss-reactive ketones (excluding diaryl/α,β-unsaturated/α-hetero) is 1. The molecule has 1 fully saturated rings. The highest BCUT2D eigenvalue weighted by molar-refractivity contribution is 6.46. The van der Waals surface area contributed by atoms with Gasteiger partial charge in [0.05, 0.1) is 29.8 Å². The largest absolute Gasteiger partial charge is 0.507 e. The molecular weight excluding hydrogens is 476 g/mol. The van der Waals surface area contributed by atoms with Crippen LogP contribution in [0.4, 0.5) is 5.69 Å². The molecular formula is C28H26N2O7. The number of nitro benzene ring substituents is 1. The number of non-ortho nitro benzene ring substituents is 1. The van der Waals surface area contributed by atoms with Crippen molar-refractivity contribution >= 4 is 23.1 Å². The summed E-state index contributed by atoms with van der Waals surface area (Å²) in [5, 5.41) is 22.2. The fourth-order valence-electron chi connectivity index (χ4n) is 4.24. The summed E-state index contributed by atoms with van der Waals surface area (Å²) in [7, 11) is 1.55.